The summed E-state index contributed by atoms with van der Waals surface area (Å²) in [5, 5.41) is 0. The van der Waals surface area contributed by atoms with Crippen LogP contribution in [0.5, 0.6) is 0 Å². The van der Waals surface area contributed by atoms with Gasteiger partial charge in [0.25, 0.3) is 0 Å². The molecule has 0 unspecified atom stereocenters. The highest BCUT2D eigenvalue weighted by atomic mass is 14.8. The van der Waals surface area contributed by atoms with E-state index < -0.39 is 0 Å². The third kappa shape index (κ3) is 2.58. The average molecular weight is 238 g/mol. The summed E-state index contributed by atoms with van der Waals surface area (Å²) in [6, 6.07) is 10.5. The van der Waals surface area contributed by atoms with Crippen LogP contribution in [0.25, 0.3) is 0 Å². The molecule has 0 N–H and O–H groups in total. The molecule has 1 aromatic carbocycles. The Morgan fingerprint density at radius 2 is 1.78 bits per heavy atom. The van der Waals surface area contributed by atoms with E-state index in [-0.39, 0.29) is 0 Å². The van der Waals surface area contributed by atoms with E-state index in [1.165, 1.54) is 36.9 Å². The Balaban J connectivity index is 1.78. The van der Waals surface area contributed by atoms with Crippen molar-refractivity contribution in [2.24, 2.45) is 0 Å². The molecule has 92 valence electrons. The lowest BCUT2D eigenvalue weighted by atomic mass is 10.0. The zero-order valence-corrected chi connectivity index (χ0v) is 10.5. The van der Waals surface area contributed by atoms with Gasteiger partial charge in [0.1, 0.15) is 0 Å². The minimum atomic E-state index is 0.647. The van der Waals surface area contributed by atoms with Gasteiger partial charge in [0.05, 0.1) is 11.4 Å². The van der Waals surface area contributed by atoms with E-state index in [2.05, 4.69) is 29.2 Å². The minimum absolute atomic E-state index is 0.647. The van der Waals surface area contributed by atoms with Crippen molar-refractivity contribution in [3.63, 3.8) is 0 Å². The Hall–Kier alpha value is -1.70. The Morgan fingerprint density at radius 1 is 1.00 bits per heavy atom. The standard InChI is InChI=1S/C16H18N2/c1-2-6-13(7-3-1)10-15-11-17-12-16(18-15)14-8-4-5-9-14/h1-3,6-7,11-12,14H,4-5,8-10H2. The van der Waals surface area contributed by atoms with Gasteiger partial charge in [-0.1, -0.05) is 43.2 Å². The van der Waals surface area contributed by atoms with E-state index in [0.29, 0.717) is 5.92 Å². The van der Waals surface area contributed by atoms with Crippen LogP contribution in [0.2, 0.25) is 0 Å². The lowest BCUT2D eigenvalue weighted by molar-refractivity contribution is 0.686. The van der Waals surface area contributed by atoms with Crippen LogP contribution in [-0.4, -0.2) is 9.97 Å². The minimum Gasteiger partial charge on any atom is -0.261 e. The Labute approximate surface area is 108 Å². The second-order valence-corrected chi connectivity index (χ2v) is 5.08. The number of nitrogens with zero attached hydrogens (tertiary/aromatic N) is 2. The van der Waals surface area contributed by atoms with Crippen molar-refractivity contribution in [1.29, 1.82) is 0 Å². The third-order valence-electron chi connectivity index (χ3n) is 3.70. The van der Waals surface area contributed by atoms with Gasteiger partial charge in [-0.3, -0.25) is 9.97 Å². The molecule has 1 aliphatic carbocycles. The van der Waals surface area contributed by atoms with Gasteiger partial charge in [-0.05, 0) is 18.4 Å². The lowest BCUT2D eigenvalue weighted by Gasteiger charge is -2.09. The number of rotatable bonds is 3. The van der Waals surface area contributed by atoms with Crippen LogP contribution in [0.1, 0.15) is 48.6 Å². The molecule has 1 fully saturated rings. The van der Waals surface area contributed by atoms with E-state index >= 15 is 0 Å². The maximum atomic E-state index is 4.79. The van der Waals surface area contributed by atoms with E-state index in [4.69, 9.17) is 4.98 Å². The van der Waals surface area contributed by atoms with E-state index in [1.54, 1.807) is 0 Å². The summed E-state index contributed by atoms with van der Waals surface area (Å²) in [7, 11) is 0. The fourth-order valence-corrected chi connectivity index (χ4v) is 2.73. The van der Waals surface area contributed by atoms with Crippen molar-refractivity contribution in [2.45, 2.75) is 38.0 Å². The highest BCUT2D eigenvalue weighted by Crippen LogP contribution is 2.32. The molecule has 0 saturated heterocycles. The number of benzene rings is 1. The highest BCUT2D eigenvalue weighted by Gasteiger charge is 2.18. The summed E-state index contributed by atoms with van der Waals surface area (Å²) in [4.78, 5) is 9.15. The summed E-state index contributed by atoms with van der Waals surface area (Å²) in [6.45, 7) is 0. The first-order chi connectivity index (χ1) is 8.92. The quantitative estimate of drug-likeness (QED) is 0.814. The zero-order chi connectivity index (χ0) is 12.2. The normalized spacial score (nSPS) is 16.0. The van der Waals surface area contributed by atoms with Gasteiger partial charge in [-0.2, -0.15) is 0 Å². The molecule has 0 spiro atoms. The molecule has 1 heterocycles. The van der Waals surface area contributed by atoms with Crippen LogP contribution in [0, 0.1) is 0 Å². The highest BCUT2D eigenvalue weighted by molar-refractivity contribution is 5.21. The van der Waals surface area contributed by atoms with Crippen molar-refractivity contribution < 1.29 is 0 Å². The van der Waals surface area contributed by atoms with Gasteiger partial charge in [0.2, 0.25) is 0 Å². The lowest BCUT2D eigenvalue weighted by Crippen LogP contribution is -2.01. The molecule has 0 bridgehead atoms. The second-order valence-electron chi connectivity index (χ2n) is 5.08. The van der Waals surface area contributed by atoms with Crippen molar-refractivity contribution in [1.82, 2.24) is 9.97 Å². The molecule has 0 amide bonds. The summed E-state index contributed by atoms with van der Waals surface area (Å²) in [5.74, 6) is 0.647. The predicted octanol–water partition coefficient (Wildman–Crippen LogP) is 3.73. The average Bonchev–Trinajstić information content (AvgIpc) is 2.94. The van der Waals surface area contributed by atoms with Crippen LogP contribution in [-0.2, 0) is 6.42 Å². The fourth-order valence-electron chi connectivity index (χ4n) is 2.73. The predicted molar refractivity (Wildman–Crippen MR) is 72.5 cm³/mol. The SMILES string of the molecule is c1ccc(Cc2cncc(C3CCCC3)n2)cc1. The van der Waals surface area contributed by atoms with E-state index in [1.807, 2.05) is 18.5 Å². The molecule has 0 radical (unpaired) electrons. The van der Waals surface area contributed by atoms with Gasteiger partial charge in [-0.15, -0.1) is 0 Å². The first-order valence-electron chi connectivity index (χ1n) is 6.76. The third-order valence-corrected chi connectivity index (χ3v) is 3.70. The maximum Gasteiger partial charge on any atom is 0.0633 e. The van der Waals surface area contributed by atoms with Crippen molar-refractivity contribution in [2.75, 3.05) is 0 Å². The molecular weight excluding hydrogens is 220 g/mol. The zero-order valence-electron chi connectivity index (χ0n) is 10.5. The van der Waals surface area contributed by atoms with Crippen LogP contribution in [0.15, 0.2) is 42.7 Å². The topological polar surface area (TPSA) is 25.8 Å². The molecule has 0 atom stereocenters. The van der Waals surface area contributed by atoms with Crippen molar-refractivity contribution in [3.8, 4) is 0 Å². The number of aromatic nitrogens is 2. The van der Waals surface area contributed by atoms with Gasteiger partial charge in [0.15, 0.2) is 0 Å². The molecule has 1 aromatic heterocycles. The van der Waals surface area contributed by atoms with E-state index in [9.17, 15) is 0 Å². The molecule has 1 aliphatic rings. The van der Waals surface area contributed by atoms with Crippen LogP contribution < -0.4 is 0 Å². The monoisotopic (exact) mass is 238 g/mol. The molecule has 0 aliphatic heterocycles. The number of hydrogen-bond donors (Lipinski definition) is 0. The molecule has 3 rings (SSSR count). The van der Waals surface area contributed by atoms with Crippen LogP contribution in [0.3, 0.4) is 0 Å². The molecular formula is C16H18N2. The van der Waals surface area contributed by atoms with Gasteiger partial charge < -0.3 is 0 Å². The first kappa shape index (κ1) is 11.4. The molecule has 2 heteroatoms. The summed E-state index contributed by atoms with van der Waals surface area (Å²) >= 11 is 0. The Morgan fingerprint density at radius 3 is 2.56 bits per heavy atom. The molecule has 2 nitrogen and oxygen atoms in total. The number of hydrogen-bond acceptors (Lipinski definition) is 2. The van der Waals surface area contributed by atoms with Crippen LogP contribution in [0.4, 0.5) is 0 Å². The largest absolute Gasteiger partial charge is 0.261 e. The summed E-state index contributed by atoms with van der Waals surface area (Å²) in [6.07, 6.45) is 9.97. The fraction of sp³-hybridized carbons (Fsp3) is 0.375. The van der Waals surface area contributed by atoms with Gasteiger partial charge >= 0.3 is 0 Å². The van der Waals surface area contributed by atoms with E-state index in [0.717, 1.165) is 12.1 Å². The van der Waals surface area contributed by atoms with Crippen LogP contribution >= 0.6 is 0 Å². The smallest absolute Gasteiger partial charge is 0.0633 e. The Bertz CT molecular complexity index is 502. The molecule has 1 saturated carbocycles. The van der Waals surface area contributed by atoms with Gasteiger partial charge in [0, 0.05) is 24.7 Å². The molecule has 2 aromatic rings. The van der Waals surface area contributed by atoms with Crippen molar-refractivity contribution >= 4 is 0 Å². The summed E-state index contributed by atoms with van der Waals surface area (Å²) in [5.41, 5.74) is 3.59. The second kappa shape index (κ2) is 5.30. The maximum absolute atomic E-state index is 4.79. The van der Waals surface area contributed by atoms with Crippen molar-refractivity contribution in [3.05, 3.63) is 59.7 Å². The molecule has 18 heavy (non-hydrogen) atoms. The Kier molecular flexibility index (Phi) is 3.35. The first-order valence-corrected chi connectivity index (χ1v) is 6.76. The summed E-state index contributed by atoms with van der Waals surface area (Å²) < 4.78 is 0. The van der Waals surface area contributed by atoms with Gasteiger partial charge in [-0.25, -0.2) is 0 Å².